The first kappa shape index (κ1) is 9.46. The Morgan fingerprint density at radius 1 is 1.50 bits per heavy atom. The Kier molecular flexibility index (Phi) is 2.42. The summed E-state index contributed by atoms with van der Waals surface area (Å²) in [5.41, 5.74) is 0.303. The molecule has 0 spiro atoms. The van der Waals surface area contributed by atoms with Crippen LogP contribution < -0.4 is 4.74 Å². The van der Waals surface area contributed by atoms with E-state index < -0.39 is 6.10 Å². The van der Waals surface area contributed by atoms with Crippen molar-refractivity contribution in [1.29, 1.82) is 0 Å². The van der Waals surface area contributed by atoms with Crippen LogP contribution in [-0.2, 0) is 0 Å². The van der Waals surface area contributed by atoms with Crippen LogP contribution in [0.2, 0.25) is 0 Å². The van der Waals surface area contributed by atoms with E-state index in [2.05, 4.69) is 0 Å². The second-order valence-electron chi connectivity index (χ2n) is 3.64. The fourth-order valence-corrected chi connectivity index (χ4v) is 1.63. The van der Waals surface area contributed by atoms with Crippen LogP contribution in [0.4, 0.5) is 4.39 Å². The van der Waals surface area contributed by atoms with Gasteiger partial charge < -0.3 is 9.84 Å². The van der Waals surface area contributed by atoms with Crippen molar-refractivity contribution in [3.05, 3.63) is 29.6 Å². The van der Waals surface area contributed by atoms with Gasteiger partial charge in [-0.05, 0) is 30.9 Å². The standard InChI is InChI=1S/C11H13FO2/c1-14-9-4-2-3-8(12)10(9)11(13)7-5-6-7/h2-4,7,11,13H,5-6H2,1H3. The first-order valence-corrected chi connectivity index (χ1v) is 4.74. The van der Waals surface area contributed by atoms with Gasteiger partial charge in [0.1, 0.15) is 11.6 Å². The third-order valence-electron chi connectivity index (χ3n) is 2.60. The van der Waals surface area contributed by atoms with Crippen molar-refractivity contribution in [2.45, 2.75) is 18.9 Å². The van der Waals surface area contributed by atoms with Crippen molar-refractivity contribution in [2.75, 3.05) is 7.11 Å². The van der Waals surface area contributed by atoms with Crippen LogP contribution in [-0.4, -0.2) is 12.2 Å². The van der Waals surface area contributed by atoms with E-state index in [1.165, 1.54) is 13.2 Å². The van der Waals surface area contributed by atoms with E-state index in [0.717, 1.165) is 12.8 Å². The molecule has 0 aromatic heterocycles. The maximum atomic E-state index is 13.4. The number of hydrogen-bond donors (Lipinski definition) is 1. The quantitative estimate of drug-likeness (QED) is 0.803. The zero-order chi connectivity index (χ0) is 10.1. The summed E-state index contributed by atoms with van der Waals surface area (Å²) >= 11 is 0. The van der Waals surface area contributed by atoms with Crippen molar-refractivity contribution in [1.82, 2.24) is 0 Å². The van der Waals surface area contributed by atoms with E-state index in [4.69, 9.17) is 4.74 Å². The van der Waals surface area contributed by atoms with Crippen LogP contribution in [0.25, 0.3) is 0 Å². The van der Waals surface area contributed by atoms with E-state index in [1.54, 1.807) is 12.1 Å². The van der Waals surface area contributed by atoms with Gasteiger partial charge in [0, 0.05) is 0 Å². The summed E-state index contributed by atoms with van der Waals surface area (Å²) in [5.74, 6) is 0.258. The van der Waals surface area contributed by atoms with Crippen molar-refractivity contribution in [2.24, 2.45) is 5.92 Å². The summed E-state index contributed by atoms with van der Waals surface area (Å²) in [6, 6.07) is 4.60. The highest BCUT2D eigenvalue weighted by molar-refractivity contribution is 5.37. The lowest BCUT2D eigenvalue weighted by Gasteiger charge is -2.14. The molecule has 1 fully saturated rings. The van der Waals surface area contributed by atoms with E-state index in [-0.39, 0.29) is 11.7 Å². The minimum atomic E-state index is -0.717. The second kappa shape index (κ2) is 3.58. The average Bonchev–Trinajstić information content (AvgIpc) is 2.99. The Bertz CT molecular complexity index is 334. The van der Waals surface area contributed by atoms with Crippen LogP contribution in [0.3, 0.4) is 0 Å². The lowest BCUT2D eigenvalue weighted by Crippen LogP contribution is -2.05. The third-order valence-corrected chi connectivity index (χ3v) is 2.60. The van der Waals surface area contributed by atoms with Crippen LogP contribution in [0, 0.1) is 11.7 Å². The van der Waals surface area contributed by atoms with Crippen molar-refractivity contribution in [3.8, 4) is 5.75 Å². The van der Waals surface area contributed by atoms with Gasteiger partial charge >= 0.3 is 0 Å². The molecule has 2 nitrogen and oxygen atoms in total. The number of benzene rings is 1. The molecule has 14 heavy (non-hydrogen) atoms. The predicted molar refractivity (Wildman–Crippen MR) is 50.6 cm³/mol. The highest BCUT2D eigenvalue weighted by atomic mass is 19.1. The zero-order valence-corrected chi connectivity index (χ0v) is 8.03. The molecular weight excluding hydrogens is 183 g/mol. The largest absolute Gasteiger partial charge is 0.496 e. The highest BCUT2D eigenvalue weighted by Gasteiger charge is 2.34. The van der Waals surface area contributed by atoms with Crippen LogP contribution >= 0.6 is 0 Å². The highest BCUT2D eigenvalue weighted by Crippen LogP contribution is 2.44. The maximum Gasteiger partial charge on any atom is 0.132 e. The molecule has 0 saturated heterocycles. The minimum Gasteiger partial charge on any atom is -0.496 e. The Morgan fingerprint density at radius 2 is 2.21 bits per heavy atom. The van der Waals surface area contributed by atoms with E-state index in [9.17, 15) is 9.50 Å². The number of ether oxygens (including phenoxy) is 1. The topological polar surface area (TPSA) is 29.5 Å². The molecule has 1 aliphatic rings. The summed E-state index contributed by atoms with van der Waals surface area (Å²) in [6.45, 7) is 0. The average molecular weight is 196 g/mol. The van der Waals surface area contributed by atoms with Gasteiger partial charge in [0.25, 0.3) is 0 Å². The molecule has 0 aliphatic heterocycles. The van der Waals surface area contributed by atoms with Crippen molar-refractivity contribution in [3.63, 3.8) is 0 Å². The normalized spacial score (nSPS) is 17.9. The van der Waals surface area contributed by atoms with E-state index in [0.29, 0.717) is 11.3 Å². The van der Waals surface area contributed by atoms with Gasteiger partial charge in [-0.1, -0.05) is 6.07 Å². The molecule has 1 aliphatic carbocycles. The molecule has 0 amide bonds. The minimum absolute atomic E-state index is 0.209. The molecule has 3 heteroatoms. The Labute approximate surface area is 82.3 Å². The molecule has 0 heterocycles. The van der Waals surface area contributed by atoms with Gasteiger partial charge in [-0.15, -0.1) is 0 Å². The molecule has 76 valence electrons. The summed E-state index contributed by atoms with van der Waals surface area (Å²) < 4.78 is 18.5. The molecule has 0 radical (unpaired) electrons. The van der Waals surface area contributed by atoms with E-state index >= 15 is 0 Å². The summed E-state index contributed by atoms with van der Waals surface area (Å²) in [5, 5.41) is 9.83. The molecule has 1 aromatic carbocycles. The number of aliphatic hydroxyl groups is 1. The molecule has 1 unspecified atom stereocenters. The van der Waals surface area contributed by atoms with Crippen LogP contribution in [0.1, 0.15) is 24.5 Å². The lowest BCUT2D eigenvalue weighted by atomic mass is 10.0. The van der Waals surface area contributed by atoms with Crippen LogP contribution in [0.15, 0.2) is 18.2 Å². The predicted octanol–water partition coefficient (Wildman–Crippen LogP) is 2.28. The van der Waals surface area contributed by atoms with Crippen molar-refractivity contribution < 1.29 is 14.2 Å². The first-order valence-electron chi connectivity index (χ1n) is 4.74. The van der Waals surface area contributed by atoms with Crippen molar-refractivity contribution >= 4 is 0 Å². The van der Waals surface area contributed by atoms with Gasteiger partial charge in [0.15, 0.2) is 0 Å². The second-order valence-corrected chi connectivity index (χ2v) is 3.64. The van der Waals surface area contributed by atoms with Gasteiger partial charge in [-0.25, -0.2) is 4.39 Å². The smallest absolute Gasteiger partial charge is 0.132 e. The third kappa shape index (κ3) is 1.60. The summed E-state index contributed by atoms with van der Waals surface area (Å²) in [7, 11) is 1.48. The number of rotatable bonds is 3. The molecule has 2 rings (SSSR count). The lowest BCUT2D eigenvalue weighted by molar-refractivity contribution is 0.145. The fraction of sp³-hybridized carbons (Fsp3) is 0.455. The number of aliphatic hydroxyl groups excluding tert-OH is 1. The van der Waals surface area contributed by atoms with E-state index in [1.807, 2.05) is 0 Å². The zero-order valence-electron chi connectivity index (χ0n) is 8.03. The van der Waals surface area contributed by atoms with Gasteiger partial charge in [0.2, 0.25) is 0 Å². The Morgan fingerprint density at radius 3 is 2.79 bits per heavy atom. The Hall–Kier alpha value is -1.09. The first-order chi connectivity index (χ1) is 6.74. The number of hydrogen-bond acceptors (Lipinski definition) is 2. The van der Waals surface area contributed by atoms with Gasteiger partial charge in [-0.3, -0.25) is 0 Å². The Balaban J connectivity index is 2.37. The molecular formula is C11H13FO2. The summed E-state index contributed by atoms with van der Waals surface area (Å²) in [6.07, 6.45) is 1.23. The maximum absolute atomic E-state index is 13.4. The molecule has 1 atom stereocenters. The number of halogens is 1. The molecule has 1 saturated carbocycles. The SMILES string of the molecule is COc1cccc(F)c1C(O)C1CC1. The molecule has 1 aromatic rings. The summed E-state index contributed by atoms with van der Waals surface area (Å²) in [4.78, 5) is 0. The van der Waals surface area contributed by atoms with Gasteiger partial charge in [-0.2, -0.15) is 0 Å². The molecule has 1 N–H and O–H groups in total. The monoisotopic (exact) mass is 196 g/mol. The van der Waals surface area contributed by atoms with Crippen LogP contribution in [0.5, 0.6) is 5.75 Å². The van der Waals surface area contributed by atoms with Gasteiger partial charge in [0.05, 0.1) is 18.8 Å². The fourth-order valence-electron chi connectivity index (χ4n) is 1.63. The number of methoxy groups -OCH3 is 1. The molecule has 0 bridgehead atoms.